The maximum absolute atomic E-state index is 13.1. The highest BCUT2D eigenvalue weighted by Gasteiger charge is 2.20. The fourth-order valence-corrected chi connectivity index (χ4v) is 2.83. The number of anilines is 1. The molecule has 1 atom stereocenters. The molecule has 0 heterocycles. The Bertz CT molecular complexity index is 701. The minimum absolute atomic E-state index is 0.0897. The van der Waals surface area contributed by atoms with Crippen molar-refractivity contribution in [3.05, 3.63) is 64.4 Å². The number of rotatable bonds is 6. The molecule has 0 aliphatic heterocycles. The average Bonchev–Trinajstić information content (AvgIpc) is 2.53. The lowest BCUT2D eigenvalue weighted by Crippen LogP contribution is -2.88. The maximum atomic E-state index is 13.1. The Morgan fingerprint density at radius 2 is 1.88 bits per heavy atom. The van der Waals surface area contributed by atoms with Crippen LogP contribution in [-0.2, 0) is 4.79 Å². The molecule has 0 spiro atoms. The summed E-state index contributed by atoms with van der Waals surface area (Å²) >= 11 is 6.07. The minimum atomic E-state index is -0.254. The SMILES string of the molecule is Cc1c(Cl)cccc1NC(=O)C[NH2+][C@H](c1ccc(F)cc1)C(C)C. The Balaban J connectivity index is 2.00. The van der Waals surface area contributed by atoms with Crippen LogP contribution >= 0.6 is 11.6 Å². The smallest absolute Gasteiger partial charge is 0.279 e. The topological polar surface area (TPSA) is 45.7 Å². The number of carbonyl (C=O) groups is 1. The van der Waals surface area contributed by atoms with Crippen molar-refractivity contribution in [3.63, 3.8) is 0 Å². The number of nitrogens with one attached hydrogen (secondary N) is 1. The van der Waals surface area contributed by atoms with Crippen LogP contribution in [0.5, 0.6) is 0 Å². The molecular weight excluding hydrogens is 327 g/mol. The molecule has 0 bridgehead atoms. The molecule has 0 aliphatic rings. The van der Waals surface area contributed by atoms with Crippen molar-refractivity contribution in [2.45, 2.75) is 26.8 Å². The number of amides is 1. The summed E-state index contributed by atoms with van der Waals surface area (Å²) < 4.78 is 13.1. The molecule has 2 rings (SSSR count). The van der Waals surface area contributed by atoms with E-state index in [4.69, 9.17) is 11.6 Å². The Morgan fingerprint density at radius 1 is 1.21 bits per heavy atom. The van der Waals surface area contributed by atoms with E-state index in [2.05, 4.69) is 19.2 Å². The van der Waals surface area contributed by atoms with Crippen molar-refractivity contribution in [2.75, 3.05) is 11.9 Å². The first kappa shape index (κ1) is 18.4. The second kappa shape index (κ2) is 8.27. The molecule has 3 nitrogen and oxygen atoms in total. The van der Waals surface area contributed by atoms with Gasteiger partial charge in [-0.25, -0.2) is 4.39 Å². The monoisotopic (exact) mass is 349 g/mol. The molecule has 5 heteroatoms. The fourth-order valence-electron chi connectivity index (χ4n) is 2.66. The number of quaternary nitrogens is 1. The van der Waals surface area contributed by atoms with E-state index in [9.17, 15) is 9.18 Å². The van der Waals surface area contributed by atoms with Gasteiger partial charge in [-0.05, 0) is 36.8 Å². The van der Waals surface area contributed by atoms with Crippen LogP contribution in [0.25, 0.3) is 0 Å². The Labute approximate surface area is 147 Å². The highest BCUT2D eigenvalue weighted by Crippen LogP contribution is 2.22. The van der Waals surface area contributed by atoms with Gasteiger partial charge in [-0.2, -0.15) is 0 Å². The van der Waals surface area contributed by atoms with Gasteiger partial charge in [0.05, 0.1) is 0 Å². The number of benzene rings is 2. The molecule has 0 saturated heterocycles. The van der Waals surface area contributed by atoms with Gasteiger partial charge in [-0.1, -0.05) is 43.6 Å². The van der Waals surface area contributed by atoms with Gasteiger partial charge in [0.1, 0.15) is 11.9 Å². The molecule has 0 aliphatic carbocycles. The van der Waals surface area contributed by atoms with Crippen molar-refractivity contribution < 1.29 is 14.5 Å². The quantitative estimate of drug-likeness (QED) is 0.821. The maximum Gasteiger partial charge on any atom is 0.279 e. The first-order chi connectivity index (χ1) is 11.4. The first-order valence-electron chi connectivity index (χ1n) is 8.02. The van der Waals surface area contributed by atoms with Gasteiger partial charge in [-0.15, -0.1) is 0 Å². The molecule has 0 aromatic heterocycles. The summed E-state index contributed by atoms with van der Waals surface area (Å²) in [5, 5.41) is 5.50. The predicted octanol–water partition coefficient (Wildman–Crippen LogP) is 3.69. The average molecular weight is 350 g/mol. The lowest BCUT2D eigenvalue weighted by molar-refractivity contribution is -0.692. The molecule has 0 unspecified atom stereocenters. The number of nitrogens with two attached hydrogens (primary N) is 1. The van der Waals surface area contributed by atoms with Crippen molar-refractivity contribution in [1.82, 2.24) is 0 Å². The number of carbonyl (C=O) groups excluding carboxylic acids is 1. The molecule has 24 heavy (non-hydrogen) atoms. The summed E-state index contributed by atoms with van der Waals surface area (Å²) in [6.45, 7) is 6.33. The summed E-state index contributed by atoms with van der Waals surface area (Å²) in [5.41, 5.74) is 2.59. The molecule has 2 aromatic rings. The molecule has 128 valence electrons. The molecular formula is C19H23ClFN2O+. The molecule has 0 fully saturated rings. The van der Waals surface area contributed by atoms with E-state index < -0.39 is 0 Å². The summed E-state index contributed by atoms with van der Waals surface area (Å²) in [6, 6.07) is 12.0. The van der Waals surface area contributed by atoms with E-state index in [0.717, 1.165) is 16.8 Å². The van der Waals surface area contributed by atoms with Crippen LogP contribution in [0.4, 0.5) is 10.1 Å². The summed E-state index contributed by atoms with van der Waals surface area (Å²) in [7, 11) is 0. The summed E-state index contributed by atoms with van der Waals surface area (Å²) in [4.78, 5) is 12.2. The van der Waals surface area contributed by atoms with E-state index in [1.807, 2.05) is 24.4 Å². The standard InChI is InChI=1S/C19H22ClFN2O/c1-12(2)19(14-7-9-15(21)10-8-14)22-11-18(24)23-17-6-4-5-16(20)13(17)3/h4-10,12,19,22H,11H2,1-3H3,(H,23,24)/p+1/t19-/m0/s1. The Morgan fingerprint density at radius 3 is 2.50 bits per heavy atom. The van der Waals surface area contributed by atoms with Crippen molar-refractivity contribution >= 4 is 23.2 Å². The van der Waals surface area contributed by atoms with Crippen LogP contribution in [0.1, 0.15) is 31.0 Å². The zero-order valence-electron chi connectivity index (χ0n) is 14.1. The van der Waals surface area contributed by atoms with Crippen LogP contribution in [0.15, 0.2) is 42.5 Å². The number of halogens is 2. The lowest BCUT2D eigenvalue weighted by Gasteiger charge is -2.19. The van der Waals surface area contributed by atoms with Crippen LogP contribution in [0.3, 0.4) is 0 Å². The third-order valence-electron chi connectivity index (χ3n) is 4.07. The van der Waals surface area contributed by atoms with Crippen LogP contribution < -0.4 is 10.6 Å². The fraction of sp³-hybridized carbons (Fsp3) is 0.316. The first-order valence-corrected chi connectivity index (χ1v) is 8.40. The second-order valence-electron chi connectivity index (χ2n) is 6.22. The van der Waals surface area contributed by atoms with Crippen molar-refractivity contribution in [1.29, 1.82) is 0 Å². The van der Waals surface area contributed by atoms with Gasteiger partial charge in [0.15, 0.2) is 6.54 Å². The van der Waals surface area contributed by atoms with Gasteiger partial charge in [0, 0.05) is 22.2 Å². The second-order valence-corrected chi connectivity index (χ2v) is 6.63. The minimum Gasteiger partial charge on any atom is -0.332 e. The van der Waals surface area contributed by atoms with E-state index in [-0.39, 0.29) is 24.3 Å². The van der Waals surface area contributed by atoms with E-state index in [1.54, 1.807) is 18.2 Å². The summed E-state index contributed by atoms with van der Waals surface area (Å²) in [6.07, 6.45) is 0. The Hall–Kier alpha value is -1.91. The van der Waals surface area contributed by atoms with Gasteiger partial charge in [0.25, 0.3) is 5.91 Å². The van der Waals surface area contributed by atoms with Gasteiger partial charge >= 0.3 is 0 Å². The van der Waals surface area contributed by atoms with E-state index >= 15 is 0 Å². The van der Waals surface area contributed by atoms with Crippen molar-refractivity contribution in [3.8, 4) is 0 Å². The number of hydrogen-bond acceptors (Lipinski definition) is 1. The zero-order chi connectivity index (χ0) is 17.7. The van der Waals surface area contributed by atoms with Crippen molar-refractivity contribution in [2.24, 2.45) is 5.92 Å². The highest BCUT2D eigenvalue weighted by molar-refractivity contribution is 6.31. The molecule has 2 aromatic carbocycles. The summed E-state index contributed by atoms with van der Waals surface area (Å²) in [5.74, 6) is -0.0280. The van der Waals surface area contributed by atoms with Crippen LogP contribution in [0, 0.1) is 18.7 Å². The van der Waals surface area contributed by atoms with Gasteiger partial charge in [-0.3, -0.25) is 4.79 Å². The van der Waals surface area contributed by atoms with Crippen LogP contribution in [0.2, 0.25) is 5.02 Å². The molecule has 0 saturated carbocycles. The molecule has 0 radical (unpaired) electrons. The largest absolute Gasteiger partial charge is 0.332 e. The normalized spacial score (nSPS) is 12.2. The third-order valence-corrected chi connectivity index (χ3v) is 4.48. The van der Waals surface area contributed by atoms with E-state index in [1.165, 1.54) is 12.1 Å². The lowest BCUT2D eigenvalue weighted by atomic mass is 9.96. The number of hydrogen-bond donors (Lipinski definition) is 2. The van der Waals surface area contributed by atoms with Gasteiger partial charge in [0.2, 0.25) is 0 Å². The zero-order valence-corrected chi connectivity index (χ0v) is 14.9. The molecule has 1 amide bonds. The predicted molar refractivity (Wildman–Crippen MR) is 95.6 cm³/mol. The Kier molecular flexibility index (Phi) is 6.35. The highest BCUT2D eigenvalue weighted by atomic mass is 35.5. The molecule has 3 N–H and O–H groups in total. The third kappa shape index (κ3) is 4.79. The van der Waals surface area contributed by atoms with E-state index in [0.29, 0.717) is 10.9 Å². The van der Waals surface area contributed by atoms with Crippen LogP contribution in [-0.4, -0.2) is 12.5 Å². The van der Waals surface area contributed by atoms with Gasteiger partial charge < -0.3 is 10.6 Å².